The van der Waals surface area contributed by atoms with Crippen molar-refractivity contribution in [3.05, 3.63) is 83.0 Å². The molecular formula is C26H27N3O5. The number of amides is 2. The number of aryl methyl sites for hydroxylation is 1. The number of carboxylic acid groups (broad SMARTS) is 1. The van der Waals surface area contributed by atoms with Crippen LogP contribution >= 0.6 is 0 Å². The van der Waals surface area contributed by atoms with Gasteiger partial charge in [-0.2, -0.15) is 0 Å². The molecular weight excluding hydrogens is 434 g/mol. The molecule has 0 saturated heterocycles. The maximum atomic E-state index is 13.1. The van der Waals surface area contributed by atoms with E-state index in [1.165, 1.54) is 18.1 Å². The highest BCUT2D eigenvalue weighted by Gasteiger charge is 2.23. The molecule has 2 aromatic carbocycles. The minimum Gasteiger partial charge on any atom is -0.494 e. The standard InChI is InChI=1S/C26H27N3O5/c1-16-9-11-17(12-10-16)21(15-23(30)31)28-25(32)20-13-14-22(34-4)24(27-20)18-7-5-6-8-19(18)26(33)29(2)3/h5-14,21H,15H2,1-4H3,(H,28,32)(H,30,31). The highest BCUT2D eigenvalue weighted by Crippen LogP contribution is 2.31. The van der Waals surface area contributed by atoms with Crippen LogP contribution in [0.1, 0.15) is 44.4 Å². The first-order chi connectivity index (χ1) is 16.2. The number of benzene rings is 2. The Hall–Kier alpha value is -4.20. The van der Waals surface area contributed by atoms with Crippen molar-refractivity contribution in [1.29, 1.82) is 0 Å². The fraction of sp³-hybridized carbons (Fsp3) is 0.231. The van der Waals surface area contributed by atoms with E-state index in [2.05, 4.69) is 10.3 Å². The zero-order chi connectivity index (χ0) is 24.8. The predicted molar refractivity (Wildman–Crippen MR) is 128 cm³/mol. The molecule has 0 bridgehead atoms. The van der Waals surface area contributed by atoms with Gasteiger partial charge in [0.2, 0.25) is 0 Å². The van der Waals surface area contributed by atoms with E-state index in [0.29, 0.717) is 28.1 Å². The van der Waals surface area contributed by atoms with Gasteiger partial charge in [0.15, 0.2) is 0 Å². The summed E-state index contributed by atoms with van der Waals surface area (Å²) >= 11 is 0. The van der Waals surface area contributed by atoms with Gasteiger partial charge in [0.25, 0.3) is 11.8 Å². The summed E-state index contributed by atoms with van der Waals surface area (Å²) < 4.78 is 5.45. The molecule has 1 unspecified atom stereocenters. The van der Waals surface area contributed by atoms with Crippen molar-refractivity contribution in [1.82, 2.24) is 15.2 Å². The predicted octanol–water partition coefficient (Wildman–Crippen LogP) is 3.71. The molecule has 0 spiro atoms. The van der Waals surface area contributed by atoms with Gasteiger partial charge >= 0.3 is 5.97 Å². The number of carboxylic acids is 1. The average molecular weight is 462 g/mol. The van der Waals surface area contributed by atoms with E-state index < -0.39 is 17.9 Å². The molecule has 0 aliphatic rings. The third-order valence-electron chi connectivity index (χ3n) is 5.29. The number of hydrogen-bond acceptors (Lipinski definition) is 5. The van der Waals surface area contributed by atoms with Crippen molar-refractivity contribution >= 4 is 17.8 Å². The number of carbonyl (C=O) groups excluding carboxylic acids is 2. The van der Waals surface area contributed by atoms with E-state index in [9.17, 15) is 19.5 Å². The molecule has 1 aromatic heterocycles. The van der Waals surface area contributed by atoms with E-state index >= 15 is 0 Å². The number of hydrogen-bond donors (Lipinski definition) is 2. The van der Waals surface area contributed by atoms with Gasteiger partial charge in [-0.25, -0.2) is 4.98 Å². The van der Waals surface area contributed by atoms with Gasteiger partial charge in [-0.1, -0.05) is 48.0 Å². The summed E-state index contributed by atoms with van der Waals surface area (Å²) in [7, 11) is 4.79. The van der Waals surface area contributed by atoms with E-state index in [1.54, 1.807) is 56.6 Å². The average Bonchev–Trinajstić information content (AvgIpc) is 2.82. The maximum Gasteiger partial charge on any atom is 0.305 e. The lowest BCUT2D eigenvalue weighted by molar-refractivity contribution is -0.137. The lowest BCUT2D eigenvalue weighted by atomic mass is 10.0. The Morgan fingerprint density at radius 1 is 1.03 bits per heavy atom. The normalized spacial score (nSPS) is 11.4. The van der Waals surface area contributed by atoms with Crippen molar-refractivity contribution in [3.8, 4) is 17.0 Å². The van der Waals surface area contributed by atoms with Crippen LogP contribution in [-0.4, -0.2) is 54.0 Å². The third kappa shape index (κ3) is 5.58. The number of aliphatic carboxylic acids is 1. The summed E-state index contributed by atoms with van der Waals surface area (Å²) in [5, 5.41) is 12.1. The van der Waals surface area contributed by atoms with Gasteiger partial charge in [0.1, 0.15) is 17.1 Å². The lowest BCUT2D eigenvalue weighted by Crippen LogP contribution is -2.31. The number of methoxy groups -OCH3 is 1. The largest absolute Gasteiger partial charge is 0.494 e. The summed E-state index contributed by atoms with van der Waals surface area (Å²) in [6.45, 7) is 1.93. The molecule has 8 heteroatoms. The van der Waals surface area contributed by atoms with Gasteiger partial charge in [0, 0.05) is 25.2 Å². The minimum atomic E-state index is -1.04. The summed E-state index contributed by atoms with van der Waals surface area (Å²) in [6, 6.07) is 16.6. The Labute approximate surface area is 198 Å². The fourth-order valence-corrected chi connectivity index (χ4v) is 3.51. The zero-order valence-corrected chi connectivity index (χ0v) is 19.5. The van der Waals surface area contributed by atoms with Crippen molar-refractivity contribution in [2.75, 3.05) is 21.2 Å². The number of pyridine rings is 1. The molecule has 2 N–H and O–H groups in total. The molecule has 0 fully saturated rings. The molecule has 2 amide bonds. The smallest absolute Gasteiger partial charge is 0.305 e. The van der Waals surface area contributed by atoms with Gasteiger partial charge < -0.3 is 20.1 Å². The topological polar surface area (TPSA) is 109 Å². The molecule has 3 aromatic rings. The second-order valence-corrected chi connectivity index (χ2v) is 8.03. The molecule has 0 aliphatic heterocycles. The van der Waals surface area contributed by atoms with Gasteiger partial charge in [-0.3, -0.25) is 14.4 Å². The first-order valence-corrected chi connectivity index (χ1v) is 10.7. The van der Waals surface area contributed by atoms with Crippen molar-refractivity contribution in [3.63, 3.8) is 0 Å². The van der Waals surface area contributed by atoms with Gasteiger partial charge in [-0.15, -0.1) is 0 Å². The number of nitrogens with one attached hydrogen (secondary N) is 1. The van der Waals surface area contributed by atoms with Crippen LogP contribution in [0.5, 0.6) is 5.75 Å². The highest BCUT2D eigenvalue weighted by atomic mass is 16.5. The number of nitrogens with zero attached hydrogens (tertiary/aromatic N) is 2. The molecule has 176 valence electrons. The number of ether oxygens (including phenoxy) is 1. The Kier molecular flexibility index (Phi) is 7.63. The molecule has 0 aliphatic carbocycles. The quantitative estimate of drug-likeness (QED) is 0.529. The second kappa shape index (κ2) is 10.6. The molecule has 0 saturated carbocycles. The third-order valence-corrected chi connectivity index (χ3v) is 5.29. The summed E-state index contributed by atoms with van der Waals surface area (Å²) in [5.74, 6) is -1.39. The summed E-state index contributed by atoms with van der Waals surface area (Å²) in [6.07, 6.45) is -0.280. The van der Waals surface area contributed by atoms with Crippen LogP contribution in [0.4, 0.5) is 0 Å². The monoisotopic (exact) mass is 461 g/mol. The fourth-order valence-electron chi connectivity index (χ4n) is 3.51. The van der Waals surface area contributed by atoms with Gasteiger partial charge in [-0.05, 0) is 30.7 Å². The van der Waals surface area contributed by atoms with Crippen LogP contribution in [0.3, 0.4) is 0 Å². The SMILES string of the molecule is COc1ccc(C(=O)NC(CC(=O)O)c2ccc(C)cc2)nc1-c1ccccc1C(=O)N(C)C. The van der Waals surface area contributed by atoms with Gasteiger partial charge in [0.05, 0.1) is 19.6 Å². The van der Waals surface area contributed by atoms with Crippen LogP contribution in [-0.2, 0) is 4.79 Å². The van der Waals surface area contributed by atoms with Crippen molar-refractivity contribution < 1.29 is 24.2 Å². The molecule has 34 heavy (non-hydrogen) atoms. The van der Waals surface area contributed by atoms with E-state index in [0.717, 1.165) is 5.56 Å². The summed E-state index contributed by atoms with van der Waals surface area (Å²) in [5.41, 5.74) is 3.05. The minimum absolute atomic E-state index is 0.0744. The van der Waals surface area contributed by atoms with Crippen molar-refractivity contribution in [2.45, 2.75) is 19.4 Å². The van der Waals surface area contributed by atoms with Crippen LogP contribution in [0, 0.1) is 6.92 Å². The number of rotatable bonds is 8. The molecule has 0 radical (unpaired) electrons. The van der Waals surface area contributed by atoms with Crippen LogP contribution in [0.2, 0.25) is 0 Å². The second-order valence-electron chi connectivity index (χ2n) is 8.03. The maximum absolute atomic E-state index is 13.1. The first kappa shape index (κ1) is 24.4. The van der Waals surface area contributed by atoms with E-state index in [4.69, 9.17) is 4.74 Å². The van der Waals surface area contributed by atoms with Crippen molar-refractivity contribution in [2.24, 2.45) is 0 Å². The summed E-state index contributed by atoms with van der Waals surface area (Å²) in [4.78, 5) is 43.2. The number of carbonyl (C=O) groups is 3. The Morgan fingerprint density at radius 2 is 1.71 bits per heavy atom. The lowest BCUT2D eigenvalue weighted by Gasteiger charge is -2.19. The Balaban J connectivity index is 1.99. The van der Waals surface area contributed by atoms with Crippen LogP contribution in [0.15, 0.2) is 60.7 Å². The number of aromatic nitrogens is 1. The Bertz CT molecular complexity index is 1210. The molecule has 8 nitrogen and oxygen atoms in total. The first-order valence-electron chi connectivity index (χ1n) is 10.7. The highest BCUT2D eigenvalue weighted by molar-refractivity contribution is 6.01. The molecule has 1 atom stereocenters. The van der Waals surface area contributed by atoms with Crippen LogP contribution < -0.4 is 10.1 Å². The van der Waals surface area contributed by atoms with E-state index in [-0.39, 0.29) is 18.0 Å². The molecule has 3 rings (SSSR count). The zero-order valence-electron chi connectivity index (χ0n) is 19.5. The molecule has 1 heterocycles. The van der Waals surface area contributed by atoms with Crippen LogP contribution in [0.25, 0.3) is 11.3 Å². The Morgan fingerprint density at radius 3 is 2.32 bits per heavy atom. The van der Waals surface area contributed by atoms with E-state index in [1.807, 2.05) is 19.1 Å².